The smallest absolute Gasteiger partial charge is 0.250 e. The number of sulfonamides is 1. The molecule has 0 spiro atoms. The molecule has 2 unspecified atom stereocenters. The number of anilines is 2. The van der Waals surface area contributed by atoms with Crippen LogP contribution in [0.15, 0.2) is 42.5 Å². The topological polar surface area (TPSA) is 118 Å². The van der Waals surface area contributed by atoms with Crippen LogP contribution in [-0.4, -0.2) is 40.5 Å². The predicted molar refractivity (Wildman–Crippen MR) is 110 cm³/mol. The number of methoxy groups -OCH3 is 2. The van der Waals surface area contributed by atoms with Crippen molar-refractivity contribution in [2.45, 2.75) is 12.3 Å². The molecule has 1 saturated heterocycles. The Kier molecular flexibility index (Phi) is 6.26. The van der Waals surface area contributed by atoms with Crippen molar-refractivity contribution in [2.75, 3.05) is 30.8 Å². The van der Waals surface area contributed by atoms with Gasteiger partial charge in [-0.1, -0.05) is 17.7 Å². The van der Waals surface area contributed by atoms with E-state index in [2.05, 4.69) is 20.9 Å². The van der Waals surface area contributed by atoms with Crippen LogP contribution in [-0.2, 0) is 14.8 Å². The number of rotatable bonds is 7. The second-order valence-corrected chi connectivity index (χ2v) is 8.46. The van der Waals surface area contributed by atoms with Crippen LogP contribution < -0.4 is 30.4 Å². The van der Waals surface area contributed by atoms with Crippen LogP contribution in [0.4, 0.5) is 11.4 Å². The first-order valence-corrected chi connectivity index (χ1v) is 10.5. The van der Waals surface area contributed by atoms with E-state index in [-0.39, 0.29) is 6.54 Å². The number of carbonyl (C=O) groups is 1. The Morgan fingerprint density at radius 2 is 1.66 bits per heavy atom. The summed E-state index contributed by atoms with van der Waals surface area (Å²) in [5.74, 6) is -0.285. The van der Waals surface area contributed by atoms with Gasteiger partial charge in [0.2, 0.25) is 5.91 Å². The van der Waals surface area contributed by atoms with E-state index in [0.717, 1.165) is 5.56 Å². The third-order valence-electron chi connectivity index (χ3n) is 4.53. The van der Waals surface area contributed by atoms with Gasteiger partial charge in [-0.2, -0.15) is 0 Å². The maximum Gasteiger partial charge on any atom is 0.250 e. The van der Waals surface area contributed by atoms with Crippen molar-refractivity contribution in [2.24, 2.45) is 5.92 Å². The zero-order valence-corrected chi connectivity index (χ0v) is 17.2. The number of amides is 1. The number of hydrogen-bond acceptors (Lipinski definition) is 7. The molecule has 0 saturated carbocycles. The molecule has 1 aliphatic rings. The molecule has 3 rings (SSSR count). The number of nitrogens with one attached hydrogen (secondary N) is 4. The first-order valence-electron chi connectivity index (χ1n) is 8.93. The van der Waals surface area contributed by atoms with Gasteiger partial charge >= 0.3 is 0 Å². The van der Waals surface area contributed by atoms with Gasteiger partial charge in [0.15, 0.2) is 5.37 Å². The largest absolute Gasteiger partial charge is 0.497 e. The fraction of sp³-hybridized carbons (Fsp3) is 0.316. The number of benzene rings is 2. The first-order chi connectivity index (χ1) is 13.8. The van der Waals surface area contributed by atoms with Crippen molar-refractivity contribution in [1.82, 2.24) is 10.9 Å². The van der Waals surface area contributed by atoms with Crippen molar-refractivity contribution in [3.63, 3.8) is 0 Å². The summed E-state index contributed by atoms with van der Waals surface area (Å²) in [6.07, 6.45) is 0. The highest BCUT2D eigenvalue weighted by atomic mass is 32.2. The summed E-state index contributed by atoms with van der Waals surface area (Å²) in [5, 5.41) is 1.59. The van der Waals surface area contributed by atoms with Gasteiger partial charge in [-0.05, 0) is 19.1 Å². The minimum atomic E-state index is -3.87. The van der Waals surface area contributed by atoms with Gasteiger partial charge in [0.1, 0.15) is 11.5 Å². The molecule has 1 aliphatic heterocycles. The minimum Gasteiger partial charge on any atom is -0.497 e. The fourth-order valence-electron chi connectivity index (χ4n) is 2.97. The molecule has 2 aromatic carbocycles. The average molecular weight is 420 g/mol. The molecule has 0 aromatic heterocycles. The normalized spacial score (nSPS) is 18.9. The van der Waals surface area contributed by atoms with Crippen molar-refractivity contribution < 1.29 is 22.7 Å². The molecule has 10 heteroatoms. The van der Waals surface area contributed by atoms with Crippen LogP contribution in [0.3, 0.4) is 0 Å². The first kappa shape index (κ1) is 20.9. The van der Waals surface area contributed by atoms with E-state index in [9.17, 15) is 13.2 Å². The zero-order chi connectivity index (χ0) is 21.0. The molecular formula is C19H24N4O5S. The molecule has 9 nitrogen and oxygen atoms in total. The summed E-state index contributed by atoms with van der Waals surface area (Å²) >= 11 is 0. The molecule has 1 heterocycles. The van der Waals surface area contributed by atoms with E-state index in [1.165, 1.54) is 14.2 Å². The lowest BCUT2D eigenvalue weighted by Crippen LogP contribution is -2.45. The highest BCUT2D eigenvalue weighted by molar-refractivity contribution is 7.93. The van der Waals surface area contributed by atoms with E-state index in [1.54, 1.807) is 42.5 Å². The molecule has 156 valence electrons. The van der Waals surface area contributed by atoms with E-state index in [1.807, 2.05) is 6.92 Å². The third-order valence-corrected chi connectivity index (χ3v) is 6.17. The summed E-state index contributed by atoms with van der Waals surface area (Å²) < 4.78 is 38.6. The van der Waals surface area contributed by atoms with Gasteiger partial charge < -0.3 is 14.8 Å². The van der Waals surface area contributed by atoms with Crippen molar-refractivity contribution in [1.29, 1.82) is 0 Å². The quantitative estimate of drug-likeness (QED) is 0.535. The van der Waals surface area contributed by atoms with Crippen molar-refractivity contribution >= 4 is 27.3 Å². The van der Waals surface area contributed by atoms with Crippen LogP contribution in [0.1, 0.15) is 5.56 Å². The van der Waals surface area contributed by atoms with Crippen molar-refractivity contribution in [3.05, 3.63) is 48.0 Å². The van der Waals surface area contributed by atoms with Gasteiger partial charge in [-0.15, -0.1) is 0 Å². The summed E-state index contributed by atoms with van der Waals surface area (Å²) in [4.78, 5) is 12.8. The van der Waals surface area contributed by atoms with Gasteiger partial charge in [0.25, 0.3) is 10.0 Å². The van der Waals surface area contributed by atoms with Crippen LogP contribution in [0.5, 0.6) is 11.5 Å². The highest BCUT2D eigenvalue weighted by Crippen LogP contribution is 2.27. The molecule has 0 aliphatic carbocycles. The van der Waals surface area contributed by atoms with Crippen LogP contribution >= 0.6 is 0 Å². The maximum atomic E-state index is 12.8. The predicted octanol–water partition coefficient (Wildman–Crippen LogP) is 1.44. The van der Waals surface area contributed by atoms with Crippen LogP contribution in [0.25, 0.3) is 0 Å². The molecule has 1 fully saturated rings. The summed E-state index contributed by atoms with van der Waals surface area (Å²) in [6, 6.07) is 11.9. The molecule has 2 aromatic rings. The van der Waals surface area contributed by atoms with E-state index in [0.29, 0.717) is 22.9 Å². The van der Waals surface area contributed by atoms with E-state index >= 15 is 0 Å². The van der Waals surface area contributed by atoms with Gasteiger partial charge in [0.05, 0.1) is 20.1 Å². The third kappa shape index (κ3) is 4.97. The van der Waals surface area contributed by atoms with Crippen LogP contribution in [0.2, 0.25) is 0 Å². The number of hydrazine groups is 1. The van der Waals surface area contributed by atoms with Crippen molar-refractivity contribution in [3.8, 4) is 11.5 Å². The highest BCUT2D eigenvalue weighted by Gasteiger charge is 2.42. The Balaban J connectivity index is 1.76. The SMILES string of the molecule is COc1cc(NC(=O)C2CNNC2S(=O)(=O)Nc2ccc(C)cc2)cc(OC)c1. The minimum absolute atomic E-state index is 0.159. The Hall–Kier alpha value is -2.82. The summed E-state index contributed by atoms with van der Waals surface area (Å²) in [5.41, 5.74) is 7.33. The van der Waals surface area contributed by atoms with E-state index in [4.69, 9.17) is 9.47 Å². The van der Waals surface area contributed by atoms with Gasteiger partial charge in [-0.3, -0.25) is 14.9 Å². The summed E-state index contributed by atoms with van der Waals surface area (Å²) in [6.45, 7) is 2.07. The fourth-order valence-corrected chi connectivity index (χ4v) is 4.45. The molecule has 4 N–H and O–H groups in total. The lowest BCUT2D eigenvalue weighted by atomic mass is 10.1. The number of carbonyl (C=O) groups excluding carboxylic acids is 1. The number of aryl methyl sites for hydroxylation is 1. The Morgan fingerprint density at radius 3 is 2.24 bits per heavy atom. The Labute approximate surface area is 169 Å². The molecular weight excluding hydrogens is 396 g/mol. The molecule has 29 heavy (non-hydrogen) atoms. The molecule has 1 amide bonds. The standard InChI is InChI=1S/C19H24N4O5S/c1-12-4-6-13(7-5-12)23-29(25,26)19-17(11-20-22-19)18(24)21-14-8-15(27-2)10-16(9-14)28-3/h4-10,17,19-20,22-23H,11H2,1-3H3,(H,21,24). The lowest BCUT2D eigenvalue weighted by molar-refractivity contribution is -0.119. The van der Waals surface area contributed by atoms with Gasteiger partial charge in [0, 0.05) is 36.1 Å². The van der Waals surface area contributed by atoms with Gasteiger partial charge in [-0.25, -0.2) is 13.8 Å². The van der Waals surface area contributed by atoms with Crippen LogP contribution in [0, 0.1) is 12.8 Å². The molecule has 0 bridgehead atoms. The summed E-state index contributed by atoms with van der Waals surface area (Å²) in [7, 11) is -0.863. The molecule has 2 atom stereocenters. The lowest BCUT2D eigenvalue weighted by Gasteiger charge is -2.20. The maximum absolute atomic E-state index is 12.8. The second kappa shape index (κ2) is 8.68. The number of hydrogen-bond donors (Lipinski definition) is 4. The molecule has 0 radical (unpaired) electrons. The zero-order valence-electron chi connectivity index (χ0n) is 16.4. The average Bonchev–Trinajstić information content (AvgIpc) is 3.20. The van der Waals surface area contributed by atoms with E-state index < -0.39 is 27.2 Å². The number of ether oxygens (including phenoxy) is 2. The Morgan fingerprint density at radius 1 is 1.03 bits per heavy atom. The Bertz CT molecular complexity index is 956. The monoisotopic (exact) mass is 420 g/mol. The second-order valence-electron chi connectivity index (χ2n) is 6.66.